The Balaban J connectivity index is 1.60. The minimum Gasteiger partial charge on any atom is -0.326 e. The molecule has 2 aromatic rings. The Labute approximate surface area is 145 Å². The maximum Gasteiger partial charge on any atom is 0.244 e. The van der Waals surface area contributed by atoms with E-state index in [0.717, 1.165) is 0 Å². The van der Waals surface area contributed by atoms with Crippen LogP contribution in [0.15, 0.2) is 53.7 Å². The third-order valence-corrected chi connectivity index (χ3v) is 6.09. The number of carbonyl (C=O) groups is 1. The van der Waals surface area contributed by atoms with E-state index in [0.29, 0.717) is 18.5 Å². The van der Waals surface area contributed by atoms with E-state index in [1.807, 2.05) is 0 Å². The summed E-state index contributed by atoms with van der Waals surface area (Å²) in [5.41, 5.74) is 0.525. The van der Waals surface area contributed by atoms with Crippen molar-refractivity contribution < 1.29 is 17.6 Å². The van der Waals surface area contributed by atoms with Crippen LogP contribution in [0.5, 0.6) is 0 Å². The maximum absolute atomic E-state index is 12.9. The number of anilines is 1. The van der Waals surface area contributed by atoms with Crippen LogP contribution in [0.25, 0.3) is 0 Å². The molecule has 8 heteroatoms. The van der Waals surface area contributed by atoms with Crippen LogP contribution < -0.4 is 5.32 Å². The van der Waals surface area contributed by atoms with Gasteiger partial charge < -0.3 is 5.32 Å². The first-order valence-electron chi connectivity index (χ1n) is 7.93. The van der Waals surface area contributed by atoms with Gasteiger partial charge in [-0.1, -0.05) is 0 Å². The third-order valence-electron chi connectivity index (χ3n) is 4.21. The molecule has 0 bridgehead atoms. The molecule has 1 amide bonds. The van der Waals surface area contributed by atoms with Gasteiger partial charge in [0.15, 0.2) is 0 Å². The number of piperidine rings is 1. The zero-order valence-electron chi connectivity index (χ0n) is 13.4. The molecular weight excluding hydrogens is 345 g/mol. The fourth-order valence-corrected chi connectivity index (χ4v) is 4.22. The first-order chi connectivity index (χ1) is 12.0. The molecule has 132 valence electrons. The van der Waals surface area contributed by atoms with Gasteiger partial charge in [0.25, 0.3) is 0 Å². The summed E-state index contributed by atoms with van der Waals surface area (Å²) in [6, 6.07) is 8.63. The average molecular weight is 363 g/mol. The third kappa shape index (κ3) is 4.02. The van der Waals surface area contributed by atoms with Gasteiger partial charge in [0.1, 0.15) is 10.7 Å². The van der Waals surface area contributed by atoms with E-state index in [-0.39, 0.29) is 35.6 Å². The van der Waals surface area contributed by atoms with E-state index in [1.54, 1.807) is 6.07 Å². The predicted octanol–water partition coefficient (Wildman–Crippen LogP) is 2.26. The van der Waals surface area contributed by atoms with E-state index < -0.39 is 10.0 Å². The summed E-state index contributed by atoms with van der Waals surface area (Å²) in [7, 11) is -3.58. The SMILES string of the molecule is O=C(Nc1ccc(F)cc1)C1CCN(S(=O)(=O)c2cccnc2)CC1. The molecule has 1 fully saturated rings. The molecule has 2 heterocycles. The Morgan fingerprint density at radius 3 is 2.44 bits per heavy atom. The fraction of sp³-hybridized carbons (Fsp3) is 0.294. The van der Waals surface area contributed by atoms with E-state index >= 15 is 0 Å². The number of benzene rings is 1. The van der Waals surface area contributed by atoms with Crippen molar-refractivity contribution in [1.29, 1.82) is 0 Å². The number of rotatable bonds is 4. The van der Waals surface area contributed by atoms with Crippen molar-refractivity contribution in [3.05, 3.63) is 54.6 Å². The Bertz CT molecular complexity index is 833. The number of amides is 1. The van der Waals surface area contributed by atoms with Crippen LogP contribution in [0.1, 0.15) is 12.8 Å². The number of sulfonamides is 1. The van der Waals surface area contributed by atoms with Crippen LogP contribution in [-0.4, -0.2) is 36.7 Å². The second-order valence-electron chi connectivity index (χ2n) is 5.86. The number of hydrogen-bond donors (Lipinski definition) is 1. The maximum atomic E-state index is 12.9. The topological polar surface area (TPSA) is 79.4 Å². The number of hydrogen-bond acceptors (Lipinski definition) is 4. The monoisotopic (exact) mass is 363 g/mol. The number of aromatic nitrogens is 1. The molecule has 0 aliphatic carbocycles. The normalized spacial score (nSPS) is 16.5. The summed E-state index contributed by atoms with van der Waals surface area (Å²) >= 11 is 0. The minimum absolute atomic E-state index is 0.157. The molecule has 6 nitrogen and oxygen atoms in total. The van der Waals surface area contributed by atoms with Gasteiger partial charge >= 0.3 is 0 Å². The largest absolute Gasteiger partial charge is 0.326 e. The van der Waals surface area contributed by atoms with E-state index in [1.165, 1.54) is 47.0 Å². The van der Waals surface area contributed by atoms with Gasteiger partial charge in [0.05, 0.1) is 0 Å². The summed E-state index contributed by atoms with van der Waals surface area (Å²) in [5, 5.41) is 2.74. The Morgan fingerprint density at radius 1 is 1.16 bits per heavy atom. The second-order valence-corrected chi connectivity index (χ2v) is 7.80. The molecule has 1 saturated heterocycles. The molecule has 0 saturated carbocycles. The highest BCUT2D eigenvalue weighted by atomic mass is 32.2. The van der Waals surface area contributed by atoms with Gasteiger partial charge in [-0.2, -0.15) is 4.31 Å². The summed E-state index contributed by atoms with van der Waals surface area (Å²) in [5.74, 6) is -0.817. The average Bonchev–Trinajstić information content (AvgIpc) is 2.64. The van der Waals surface area contributed by atoms with Crippen molar-refractivity contribution in [2.45, 2.75) is 17.7 Å². The molecule has 1 aromatic heterocycles. The molecule has 1 aromatic carbocycles. The predicted molar refractivity (Wildman–Crippen MR) is 90.7 cm³/mol. The molecule has 25 heavy (non-hydrogen) atoms. The minimum atomic E-state index is -3.58. The molecule has 0 atom stereocenters. The first-order valence-corrected chi connectivity index (χ1v) is 9.37. The van der Waals surface area contributed by atoms with E-state index in [4.69, 9.17) is 0 Å². The van der Waals surface area contributed by atoms with Crippen molar-refractivity contribution in [3.8, 4) is 0 Å². The summed E-state index contributed by atoms with van der Waals surface area (Å²) < 4.78 is 39.3. The molecule has 1 N–H and O–H groups in total. The first kappa shape index (κ1) is 17.5. The van der Waals surface area contributed by atoms with E-state index in [2.05, 4.69) is 10.3 Å². The van der Waals surface area contributed by atoms with Crippen molar-refractivity contribution in [2.75, 3.05) is 18.4 Å². The highest BCUT2D eigenvalue weighted by Crippen LogP contribution is 2.24. The number of nitrogens with one attached hydrogen (secondary N) is 1. The van der Waals surface area contributed by atoms with Gasteiger partial charge in [-0.15, -0.1) is 0 Å². The van der Waals surface area contributed by atoms with Crippen molar-refractivity contribution >= 4 is 21.6 Å². The van der Waals surface area contributed by atoms with Gasteiger partial charge in [0.2, 0.25) is 15.9 Å². The van der Waals surface area contributed by atoms with Crippen LogP contribution in [0, 0.1) is 11.7 Å². The van der Waals surface area contributed by atoms with Gasteiger partial charge in [-0.05, 0) is 49.2 Å². The summed E-state index contributed by atoms with van der Waals surface area (Å²) in [6.07, 6.45) is 3.72. The molecule has 0 radical (unpaired) electrons. The standard InChI is InChI=1S/C17H18FN3O3S/c18-14-3-5-15(6-4-14)20-17(22)13-7-10-21(11-8-13)25(23,24)16-2-1-9-19-12-16/h1-6,9,12-13H,7-8,10-11H2,(H,20,22). The van der Waals surface area contributed by atoms with Gasteiger partial charge in [-0.25, -0.2) is 12.8 Å². The second kappa shape index (κ2) is 7.28. The Hall–Kier alpha value is -2.32. The van der Waals surface area contributed by atoms with E-state index in [9.17, 15) is 17.6 Å². The lowest BCUT2D eigenvalue weighted by Crippen LogP contribution is -2.41. The molecule has 1 aliphatic rings. The highest BCUT2D eigenvalue weighted by Gasteiger charge is 2.32. The number of halogens is 1. The Morgan fingerprint density at radius 2 is 1.84 bits per heavy atom. The van der Waals surface area contributed by atoms with Crippen LogP contribution in [0.4, 0.5) is 10.1 Å². The lowest BCUT2D eigenvalue weighted by atomic mass is 9.97. The fourth-order valence-electron chi connectivity index (χ4n) is 2.78. The quantitative estimate of drug-likeness (QED) is 0.904. The summed E-state index contributed by atoms with van der Waals surface area (Å²) in [6.45, 7) is 0.553. The molecule has 0 spiro atoms. The Kier molecular flexibility index (Phi) is 5.10. The number of nitrogens with zero attached hydrogens (tertiary/aromatic N) is 2. The van der Waals surface area contributed by atoms with Crippen LogP contribution in [0.2, 0.25) is 0 Å². The van der Waals surface area contributed by atoms with Crippen molar-refractivity contribution in [3.63, 3.8) is 0 Å². The zero-order valence-corrected chi connectivity index (χ0v) is 14.2. The molecular formula is C17H18FN3O3S. The van der Waals surface area contributed by atoms with Crippen LogP contribution >= 0.6 is 0 Å². The van der Waals surface area contributed by atoms with Gasteiger partial charge in [0, 0.05) is 37.1 Å². The smallest absolute Gasteiger partial charge is 0.244 e. The zero-order chi connectivity index (χ0) is 17.9. The lowest BCUT2D eigenvalue weighted by molar-refractivity contribution is -0.120. The van der Waals surface area contributed by atoms with Crippen LogP contribution in [0.3, 0.4) is 0 Å². The number of pyridine rings is 1. The molecule has 0 unspecified atom stereocenters. The summed E-state index contributed by atoms with van der Waals surface area (Å²) in [4.78, 5) is 16.3. The highest BCUT2D eigenvalue weighted by molar-refractivity contribution is 7.89. The molecule has 3 rings (SSSR count). The van der Waals surface area contributed by atoms with Gasteiger partial charge in [-0.3, -0.25) is 9.78 Å². The molecule has 1 aliphatic heterocycles. The van der Waals surface area contributed by atoms with Crippen molar-refractivity contribution in [2.24, 2.45) is 5.92 Å². The van der Waals surface area contributed by atoms with Crippen LogP contribution in [-0.2, 0) is 14.8 Å². The lowest BCUT2D eigenvalue weighted by Gasteiger charge is -2.30. The van der Waals surface area contributed by atoms with Crippen molar-refractivity contribution in [1.82, 2.24) is 9.29 Å². The number of carbonyl (C=O) groups excluding carboxylic acids is 1.